The van der Waals surface area contributed by atoms with Gasteiger partial charge in [-0.2, -0.15) is 5.48 Å². The number of rotatable bonds is 6. The highest BCUT2D eigenvalue weighted by molar-refractivity contribution is 5.77. The van der Waals surface area contributed by atoms with E-state index in [1.54, 1.807) is 7.11 Å². The van der Waals surface area contributed by atoms with Crippen molar-refractivity contribution in [1.29, 1.82) is 0 Å². The molecule has 0 aromatic heterocycles. The molecule has 2 N–H and O–H groups in total. The van der Waals surface area contributed by atoms with Gasteiger partial charge in [0.1, 0.15) is 0 Å². The van der Waals surface area contributed by atoms with Crippen molar-refractivity contribution >= 4 is 5.91 Å². The lowest BCUT2D eigenvalue weighted by Gasteiger charge is -2.03. The Balaban J connectivity index is 3.09. The molecule has 0 unspecified atom stereocenters. The van der Waals surface area contributed by atoms with Crippen LogP contribution in [0, 0.1) is 0 Å². The van der Waals surface area contributed by atoms with E-state index < -0.39 is 0 Å². The standard InChI is InChI=1S/C6H14N2O3/c1-10-4-3-7-6(9)5-8-11-2/h8H,3-5H2,1-2H3,(H,7,9). The summed E-state index contributed by atoms with van der Waals surface area (Å²) < 4.78 is 4.73. The maximum absolute atomic E-state index is 10.8. The summed E-state index contributed by atoms with van der Waals surface area (Å²) in [5.74, 6) is -0.107. The number of hydrogen-bond acceptors (Lipinski definition) is 4. The van der Waals surface area contributed by atoms with Crippen LogP contribution in [0.5, 0.6) is 0 Å². The molecule has 5 heteroatoms. The zero-order chi connectivity index (χ0) is 8.53. The van der Waals surface area contributed by atoms with Gasteiger partial charge >= 0.3 is 0 Å². The molecule has 0 heterocycles. The number of carbonyl (C=O) groups excluding carboxylic acids is 1. The van der Waals surface area contributed by atoms with Crippen molar-refractivity contribution in [3.63, 3.8) is 0 Å². The number of carbonyl (C=O) groups is 1. The average Bonchev–Trinajstić information content (AvgIpc) is 2.01. The third kappa shape index (κ3) is 7.24. The molecule has 1 amide bonds. The zero-order valence-corrected chi connectivity index (χ0v) is 6.85. The van der Waals surface area contributed by atoms with Crippen molar-refractivity contribution in [2.75, 3.05) is 33.9 Å². The maximum atomic E-state index is 10.8. The quantitative estimate of drug-likeness (QED) is 0.384. The van der Waals surface area contributed by atoms with Crippen LogP contribution in [0.4, 0.5) is 0 Å². The molecular formula is C6H14N2O3. The molecule has 0 aromatic carbocycles. The molecule has 0 atom stereocenters. The van der Waals surface area contributed by atoms with Crippen molar-refractivity contribution in [3.05, 3.63) is 0 Å². The minimum atomic E-state index is -0.107. The van der Waals surface area contributed by atoms with Gasteiger partial charge in [0.05, 0.1) is 20.3 Å². The third-order valence-corrected chi connectivity index (χ3v) is 1.01. The molecule has 5 nitrogen and oxygen atoms in total. The normalized spacial score (nSPS) is 9.64. The van der Waals surface area contributed by atoms with E-state index in [9.17, 15) is 4.79 Å². The molecule has 0 aromatic rings. The third-order valence-electron chi connectivity index (χ3n) is 1.01. The Morgan fingerprint density at radius 2 is 2.18 bits per heavy atom. The minimum Gasteiger partial charge on any atom is -0.383 e. The molecule has 0 bridgehead atoms. The van der Waals surface area contributed by atoms with Gasteiger partial charge in [-0.3, -0.25) is 4.79 Å². The van der Waals surface area contributed by atoms with Gasteiger partial charge in [0.15, 0.2) is 0 Å². The van der Waals surface area contributed by atoms with Crippen LogP contribution < -0.4 is 10.8 Å². The van der Waals surface area contributed by atoms with Crippen molar-refractivity contribution in [2.45, 2.75) is 0 Å². The summed E-state index contributed by atoms with van der Waals surface area (Å²) in [5, 5.41) is 2.61. The lowest BCUT2D eigenvalue weighted by atomic mass is 10.5. The lowest BCUT2D eigenvalue weighted by Crippen LogP contribution is -2.35. The molecule has 0 spiro atoms. The molecule has 0 saturated carbocycles. The zero-order valence-electron chi connectivity index (χ0n) is 6.85. The largest absolute Gasteiger partial charge is 0.383 e. The molecule has 11 heavy (non-hydrogen) atoms. The Morgan fingerprint density at radius 3 is 2.73 bits per heavy atom. The van der Waals surface area contributed by atoms with Gasteiger partial charge in [0.2, 0.25) is 5.91 Å². The van der Waals surface area contributed by atoms with E-state index in [0.29, 0.717) is 13.2 Å². The Morgan fingerprint density at radius 1 is 1.45 bits per heavy atom. The average molecular weight is 162 g/mol. The fourth-order valence-corrected chi connectivity index (χ4v) is 0.493. The second-order valence-electron chi connectivity index (χ2n) is 1.87. The monoisotopic (exact) mass is 162 g/mol. The van der Waals surface area contributed by atoms with Gasteiger partial charge in [-0.15, -0.1) is 0 Å². The summed E-state index contributed by atoms with van der Waals surface area (Å²) >= 11 is 0. The molecule has 0 aliphatic rings. The van der Waals surface area contributed by atoms with E-state index in [2.05, 4.69) is 15.6 Å². The van der Waals surface area contributed by atoms with Crippen LogP contribution in [-0.2, 0) is 14.4 Å². The molecule has 0 aliphatic carbocycles. The van der Waals surface area contributed by atoms with Crippen LogP contribution in [0.2, 0.25) is 0 Å². The Labute approximate surface area is 66.0 Å². The van der Waals surface area contributed by atoms with Crippen LogP contribution in [0.3, 0.4) is 0 Å². The van der Waals surface area contributed by atoms with Crippen LogP contribution in [0.15, 0.2) is 0 Å². The minimum absolute atomic E-state index is 0.107. The fraction of sp³-hybridized carbons (Fsp3) is 0.833. The van der Waals surface area contributed by atoms with Crippen LogP contribution >= 0.6 is 0 Å². The van der Waals surface area contributed by atoms with Gasteiger partial charge in [-0.05, 0) is 0 Å². The first kappa shape index (κ1) is 10.3. The van der Waals surface area contributed by atoms with Gasteiger partial charge in [-0.25, -0.2) is 0 Å². The predicted octanol–water partition coefficient (Wildman–Crippen LogP) is -1.10. The summed E-state index contributed by atoms with van der Waals surface area (Å²) in [7, 11) is 3.04. The van der Waals surface area contributed by atoms with Crippen LogP contribution in [-0.4, -0.2) is 39.8 Å². The predicted molar refractivity (Wildman–Crippen MR) is 39.9 cm³/mol. The summed E-state index contributed by atoms with van der Waals surface area (Å²) in [6.07, 6.45) is 0. The van der Waals surface area contributed by atoms with Crippen molar-refractivity contribution in [1.82, 2.24) is 10.8 Å². The lowest BCUT2D eigenvalue weighted by molar-refractivity contribution is -0.122. The maximum Gasteiger partial charge on any atom is 0.236 e. The van der Waals surface area contributed by atoms with Gasteiger partial charge in [0.25, 0.3) is 0 Å². The van der Waals surface area contributed by atoms with Crippen molar-refractivity contribution in [2.24, 2.45) is 0 Å². The summed E-state index contributed by atoms with van der Waals surface area (Å²) in [6.45, 7) is 1.22. The fourth-order valence-electron chi connectivity index (χ4n) is 0.493. The number of hydrogen-bond donors (Lipinski definition) is 2. The Kier molecular flexibility index (Phi) is 7.02. The van der Waals surface area contributed by atoms with E-state index >= 15 is 0 Å². The number of nitrogens with one attached hydrogen (secondary N) is 2. The molecule has 0 radical (unpaired) electrons. The van der Waals surface area contributed by atoms with Crippen molar-refractivity contribution < 1.29 is 14.4 Å². The van der Waals surface area contributed by atoms with E-state index in [4.69, 9.17) is 4.74 Å². The number of amides is 1. The summed E-state index contributed by atoms with van der Waals surface area (Å²) in [6, 6.07) is 0. The van der Waals surface area contributed by atoms with E-state index in [-0.39, 0.29) is 12.5 Å². The second-order valence-corrected chi connectivity index (χ2v) is 1.87. The van der Waals surface area contributed by atoms with E-state index in [1.165, 1.54) is 7.11 Å². The first-order valence-corrected chi connectivity index (χ1v) is 3.32. The van der Waals surface area contributed by atoms with Crippen LogP contribution in [0.25, 0.3) is 0 Å². The first-order valence-electron chi connectivity index (χ1n) is 3.32. The highest BCUT2D eigenvalue weighted by Gasteiger charge is 1.96. The summed E-state index contributed by atoms with van der Waals surface area (Å²) in [5.41, 5.74) is 2.42. The van der Waals surface area contributed by atoms with Crippen molar-refractivity contribution in [3.8, 4) is 0 Å². The highest BCUT2D eigenvalue weighted by Crippen LogP contribution is 1.66. The number of methoxy groups -OCH3 is 1. The van der Waals surface area contributed by atoms with Crippen LogP contribution in [0.1, 0.15) is 0 Å². The topological polar surface area (TPSA) is 59.6 Å². The molecule has 0 rings (SSSR count). The molecule has 66 valence electrons. The SMILES string of the molecule is COCCNC(=O)CNOC. The van der Waals surface area contributed by atoms with E-state index in [1.807, 2.05) is 0 Å². The number of ether oxygens (including phenoxy) is 1. The number of hydroxylamine groups is 1. The first-order chi connectivity index (χ1) is 5.31. The smallest absolute Gasteiger partial charge is 0.236 e. The van der Waals surface area contributed by atoms with Gasteiger partial charge < -0.3 is 14.9 Å². The van der Waals surface area contributed by atoms with E-state index in [0.717, 1.165) is 0 Å². The summed E-state index contributed by atoms with van der Waals surface area (Å²) in [4.78, 5) is 15.2. The van der Waals surface area contributed by atoms with Gasteiger partial charge in [0, 0.05) is 13.7 Å². The Bertz CT molecular complexity index is 108. The molecule has 0 fully saturated rings. The molecular weight excluding hydrogens is 148 g/mol. The van der Waals surface area contributed by atoms with Gasteiger partial charge in [-0.1, -0.05) is 0 Å². The highest BCUT2D eigenvalue weighted by atomic mass is 16.6. The molecule has 0 aliphatic heterocycles. The molecule has 0 saturated heterocycles. The Hall–Kier alpha value is -0.650. The second kappa shape index (κ2) is 7.46.